The van der Waals surface area contributed by atoms with E-state index >= 15 is 0 Å². The van der Waals surface area contributed by atoms with Gasteiger partial charge in [-0.1, -0.05) is 41.9 Å². The van der Waals surface area contributed by atoms with Crippen LogP contribution in [0, 0.1) is 0 Å². The maximum absolute atomic E-state index is 12.6. The summed E-state index contributed by atoms with van der Waals surface area (Å²) in [7, 11) is 1.48. The van der Waals surface area contributed by atoms with Crippen molar-refractivity contribution in [3.63, 3.8) is 0 Å². The number of rotatable bonds is 5. The Bertz CT molecular complexity index is 1340. The van der Waals surface area contributed by atoms with E-state index < -0.39 is 11.8 Å². The highest BCUT2D eigenvalue weighted by Gasteiger charge is 2.16. The lowest BCUT2D eigenvalue weighted by Crippen LogP contribution is -2.34. The van der Waals surface area contributed by atoms with E-state index in [1.165, 1.54) is 7.11 Å². The number of para-hydroxylation sites is 1. The van der Waals surface area contributed by atoms with Crippen LogP contribution < -0.4 is 20.7 Å². The highest BCUT2D eigenvalue weighted by molar-refractivity contribution is 7.80. The smallest absolute Gasteiger partial charge is 0.291 e. The summed E-state index contributed by atoms with van der Waals surface area (Å²) in [5.74, 6) is -0.263. The molecule has 0 saturated carbocycles. The summed E-state index contributed by atoms with van der Waals surface area (Å²) in [6, 6.07) is 20.7. The predicted octanol–water partition coefficient (Wildman–Crippen LogP) is 5.47. The van der Waals surface area contributed by atoms with E-state index in [0.29, 0.717) is 33.3 Å². The number of nitrogens with one attached hydrogen (secondary N) is 3. The topological polar surface area (TPSA) is 92.6 Å². The van der Waals surface area contributed by atoms with E-state index in [1.807, 2.05) is 18.2 Å². The normalized spacial score (nSPS) is 10.5. The zero-order valence-electron chi connectivity index (χ0n) is 17.3. The summed E-state index contributed by atoms with van der Waals surface area (Å²) in [4.78, 5) is 25.0. The molecule has 9 heteroatoms. The molecule has 3 aromatic carbocycles. The van der Waals surface area contributed by atoms with Crippen molar-refractivity contribution >= 4 is 63.1 Å². The number of amides is 2. The minimum atomic E-state index is -0.431. The molecular formula is C24H18ClN3O4S. The minimum absolute atomic E-state index is 0.0843. The van der Waals surface area contributed by atoms with Crippen molar-refractivity contribution < 1.29 is 18.7 Å². The highest BCUT2D eigenvalue weighted by atomic mass is 35.5. The third kappa shape index (κ3) is 5.14. The van der Waals surface area contributed by atoms with Crippen molar-refractivity contribution in [3.05, 3.63) is 89.1 Å². The second-order valence-electron chi connectivity index (χ2n) is 6.91. The van der Waals surface area contributed by atoms with E-state index in [9.17, 15) is 9.59 Å². The zero-order valence-corrected chi connectivity index (χ0v) is 18.9. The fourth-order valence-corrected chi connectivity index (χ4v) is 3.56. The number of fused-ring (bicyclic) bond motifs is 1. The SMILES string of the molecule is COc1cc(NC(=S)NC(=O)c2ccccc2Cl)ccc1NC(=O)c1cc2ccccc2o1. The van der Waals surface area contributed by atoms with Crippen LogP contribution in [0.15, 0.2) is 77.2 Å². The second kappa shape index (κ2) is 9.72. The lowest BCUT2D eigenvalue weighted by molar-refractivity contribution is 0.0975. The Hall–Kier alpha value is -3.88. The summed E-state index contributed by atoms with van der Waals surface area (Å²) >= 11 is 11.3. The number of methoxy groups -OCH3 is 1. The molecule has 33 heavy (non-hydrogen) atoms. The van der Waals surface area contributed by atoms with E-state index in [1.54, 1.807) is 54.6 Å². The van der Waals surface area contributed by atoms with E-state index in [2.05, 4.69) is 16.0 Å². The van der Waals surface area contributed by atoms with Crippen molar-refractivity contribution in [1.29, 1.82) is 0 Å². The number of thiocarbonyl (C=S) groups is 1. The summed E-state index contributed by atoms with van der Waals surface area (Å²) in [6.07, 6.45) is 0. The van der Waals surface area contributed by atoms with Crippen LogP contribution in [-0.4, -0.2) is 24.0 Å². The molecule has 2 amide bonds. The molecule has 1 aromatic heterocycles. The molecule has 0 unspecified atom stereocenters. The largest absolute Gasteiger partial charge is 0.494 e. The first kappa shape index (κ1) is 22.3. The van der Waals surface area contributed by atoms with Crippen LogP contribution in [-0.2, 0) is 0 Å². The molecule has 0 aliphatic carbocycles. The number of anilines is 2. The van der Waals surface area contributed by atoms with Gasteiger partial charge in [0, 0.05) is 17.1 Å². The van der Waals surface area contributed by atoms with Crippen molar-refractivity contribution in [1.82, 2.24) is 5.32 Å². The lowest BCUT2D eigenvalue weighted by Gasteiger charge is -2.14. The molecule has 4 rings (SSSR count). The Morgan fingerprint density at radius 3 is 2.45 bits per heavy atom. The summed E-state index contributed by atoms with van der Waals surface area (Å²) in [5, 5.41) is 9.51. The molecule has 0 fully saturated rings. The third-order valence-corrected chi connectivity index (χ3v) is 5.24. The summed E-state index contributed by atoms with van der Waals surface area (Å²) < 4.78 is 11.0. The average Bonchev–Trinajstić information content (AvgIpc) is 3.24. The molecule has 0 bridgehead atoms. The fourth-order valence-electron chi connectivity index (χ4n) is 3.13. The number of carbonyl (C=O) groups is 2. The molecule has 0 aliphatic rings. The number of hydrogen-bond donors (Lipinski definition) is 3. The molecule has 0 aliphatic heterocycles. The first-order valence-electron chi connectivity index (χ1n) is 9.79. The van der Waals surface area contributed by atoms with Crippen molar-refractivity contribution in [2.75, 3.05) is 17.7 Å². The standard InChI is InChI=1S/C24H18ClN3O4S/c1-31-20-13-15(26-24(33)28-22(29)16-7-3-4-8-17(16)25)10-11-18(20)27-23(30)21-12-14-6-2-5-9-19(14)32-21/h2-13H,1H3,(H,27,30)(H2,26,28,29,33). The van der Waals surface area contributed by atoms with E-state index in [0.717, 1.165) is 5.39 Å². The number of ether oxygens (including phenoxy) is 1. The molecule has 0 radical (unpaired) electrons. The van der Waals surface area contributed by atoms with E-state index in [4.69, 9.17) is 33.0 Å². The summed E-state index contributed by atoms with van der Waals surface area (Å²) in [6.45, 7) is 0. The first-order valence-corrected chi connectivity index (χ1v) is 10.6. The van der Waals surface area contributed by atoms with E-state index in [-0.39, 0.29) is 10.9 Å². The minimum Gasteiger partial charge on any atom is -0.494 e. The van der Waals surface area contributed by atoms with Gasteiger partial charge in [-0.2, -0.15) is 0 Å². The van der Waals surface area contributed by atoms with Crippen LogP contribution in [0.3, 0.4) is 0 Å². The van der Waals surface area contributed by atoms with Gasteiger partial charge in [-0.3, -0.25) is 14.9 Å². The van der Waals surface area contributed by atoms with Gasteiger partial charge in [-0.05, 0) is 48.6 Å². The summed E-state index contributed by atoms with van der Waals surface area (Å²) in [5.41, 5.74) is 1.93. The monoisotopic (exact) mass is 479 g/mol. The maximum Gasteiger partial charge on any atom is 0.291 e. The Morgan fingerprint density at radius 2 is 1.70 bits per heavy atom. The van der Waals surface area contributed by atoms with Crippen LogP contribution in [0.4, 0.5) is 11.4 Å². The molecule has 7 nitrogen and oxygen atoms in total. The van der Waals surface area contributed by atoms with Crippen LogP contribution >= 0.6 is 23.8 Å². The number of hydrogen-bond acceptors (Lipinski definition) is 5. The first-order chi connectivity index (χ1) is 15.9. The van der Waals surface area contributed by atoms with Gasteiger partial charge >= 0.3 is 0 Å². The van der Waals surface area contributed by atoms with Gasteiger partial charge in [0.25, 0.3) is 11.8 Å². The molecule has 1 heterocycles. The number of benzene rings is 3. The quantitative estimate of drug-likeness (QED) is 0.328. The Morgan fingerprint density at radius 1 is 0.939 bits per heavy atom. The van der Waals surface area contributed by atoms with Gasteiger partial charge in [-0.25, -0.2) is 0 Å². The molecule has 166 valence electrons. The maximum atomic E-state index is 12.6. The lowest BCUT2D eigenvalue weighted by atomic mass is 10.2. The molecule has 0 spiro atoms. The second-order valence-corrected chi connectivity index (χ2v) is 7.72. The van der Waals surface area contributed by atoms with Crippen LogP contribution in [0.5, 0.6) is 5.75 Å². The fraction of sp³-hybridized carbons (Fsp3) is 0.0417. The third-order valence-electron chi connectivity index (χ3n) is 4.70. The van der Waals surface area contributed by atoms with Crippen LogP contribution in [0.2, 0.25) is 5.02 Å². The molecule has 4 aromatic rings. The molecular weight excluding hydrogens is 462 g/mol. The van der Waals surface area contributed by atoms with Crippen molar-refractivity contribution in [2.45, 2.75) is 0 Å². The Kier molecular flexibility index (Phi) is 6.58. The van der Waals surface area contributed by atoms with Gasteiger partial charge in [0.2, 0.25) is 0 Å². The van der Waals surface area contributed by atoms with Gasteiger partial charge in [0.1, 0.15) is 11.3 Å². The van der Waals surface area contributed by atoms with Gasteiger partial charge in [0.15, 0.2) is 10.9 Å². The average molecular weight is 480 g/mol. The van der Waals surface area contributed by atoms with Crippen molar-refractivity contribution in [2.24, 2.45) is 0 Å². The van der Waals surface area contributed by atoms with Crippen molar-refractivity contribution in [3.8, 4) is 5.75 Å². The number of halogens is 1. The molecule has 3 N–H and O–H groups in total. The Labute approximate surface area is 199 Å². The van der Waals surface area contributed by atoms with Gasteiger partial charge in [0.05, 0.1) is 23.4 Å². The number of furan rings is 1. The van der Waals surface area contributed by atoms with Crippen LogP contribution in [0.1, 0.15) is 20.9 Å². The predicted molar refractivity (Wildman–Crippen MR) is 132 cm³/mol. The Balaban J connectivity index is 1.44. The van der Waals surface area contributed by atoms with Crippen LogP contribution in [0.25, 0.3) is 11.0 Å². The molecule has 0 atom stereocenters. The highest BCUT2D eigenvalue weighted by Crippen LogP contribution is 2.29. The molecule has 0 saturated heterocycles. The van der Waals surface area contributed by atoms with Gasteiger partial charge in [-0.15, -0.1) is 0 Å². The number of carbonyl (C=O) groups excluding carboxylic acids is 2. The van der Waals surface area contributed by atoms with Gasteiger partial charge < -0.3 is 19.8 Å². The zero-order chi connectivity index (χ0) is 23.4.